The van der Waals surface area contributed by atoms with Gasteiger partial charge >= 0.3 is 0 Å². The Labute approximate surface area is 142 Å². The molecule has 124 valence electrons. The summed E-state index contributed by atoms with van der Waals surface area (Å²) in [6, 6.07) is 18.3. The van der Waals surface area contributed by atoms with Crippen molar-refractivity contribution >= 4 is 15.8 Å². The Morgan fingerprint density at radius 2 is 1.71 bits per heavy atom. The van der Waals surface area contributed by atoms with E-state index in [0.717, 1.165) is 23.2 Å². The Kier molecular flexibility index (Phi) is 4.40. The van der Waals surface area contributed by atoms with Crippen LogP contribution in [0.15, 0.2) is 65.6 Å². The summed E-state index contributed by atoms with van der Waals surface area (Å²) >= 11 is 0. The predicted molar refractivity (Wildman–Crippen MR) is 95.3 cm³/mol. The molecule has 3 rings (SSSR count). The van der Waals surface area contributed by atoms with Crippen LogP contribution in [-0.2, 0) is 23.5 Å². The molecule has 6 heteroatoms. The highest BCUT2D eigenvalue weighted by Crippen LogP contribution is 2.23. The first-order valence-electron chi connectivity index (χ1n) is 7.71. The van der Waals surface area contributed by atoms with Gasteiger partial charge in [-0.25, -0.2) is 8.42 Å². The number of rotatable bonds is 5. The molecular weight excluding hydrogens is 322 g/mol. The molecule has 5 nitrogen and oxygen atoms in total. The van der Waals surface area contributed by atoms with E-state index in [-0.39, 0.29) is 4.90 Å². The minimum atomic E-state index is -3.64. The van der Waals surface area contributed by atoms with Crippen molar-refractivity contribution in [3.05, 3.63) is 66.2 Å². The predicted octanol–water partition coefficient (Wildman–Crippen LogP) is 3.45. The number of benzene rings is 2. The number of nitrogens with zero attached hydrogens (tertiary/aromatic N) is 2. The highest BCUT2D eigenvalue weighted by Gasteiger charge is 2.17. The molecule has 0 unspecified atom stereocenters. The first-order valence-corrected chi connectivity index (χ1v) is 9.19. The van der Waals surface area contributed by atoms with Gasteiger partial charge in [0.25, 0.3) is 10.0 Å². The van der Waals surface area contributed by atoms with Crippen molar-refractivity contribution in [2.45, 2.75) is 18.2 Å². The van der Waals surface area contributed by atoms with E-state index in [4.69, 9.17) is 0 Å². The van der Waals surface area contributed by atoms with Crippen LogP contribution in [0.25, 0.3) is 11.3 Å². The summed E-state index contributed by atoms with van der Waals surface area (Å²) in [5.41, 5.74) is 2.75. The lowest BCUT2D eigenvalue weighted by molar-refractivity contribution is 0.600. The number of aromatic nitrogens is 2. The van der Waals surface area contributed by atoms with Crippen LogP contribution in [0.1, 0.15) is 12.5 Å². The molecular formula is C18H19N3O2S. The van der Waals surface area contributed by atoms with E-state index in [2.05, 4.69) is 9.82 Å². The van der Waals surface area contributed by atoms with Gasteiger partial charge in [-0.15, -0.1) is 0 Å². The van der Waals surface area contributed by atoms with E-state index in [0.29, 0.717) is 5.82 Å². The third-order valence-corrected chi connectivity index (χ3v) is 5.20. The van der Waals surface area contributed by atoms with E-state index in [1.165, 1.54) is 4.68 Å². The Balaban J connectivity index is 1.88. The van der Waals surface area contributed by atoms with E-state index < -0.39 is 10.0 Å². The van der Waals surface area contributed by atoms with Crippen LogP contribution in [0.4, 0.5) is 5.82 Å². The summed E-state index contributed by atoms with van der Waals surface area (Å²) in [4.78, 5) is 0.238. The molecule has 1 N–H and O–H groups in total. The van der Waals surface area contributed by atoms with Gasteiger partial charge in [-0.3, -0.25) is 9.40 Å². The highest BCUT2D eigenvalue weighted by atomic mass is 32.2. The van der Waals surface area contributed by atoms with Crippen LogP contribution in [0.5, 0.6) is 0 Å². The van der Waals surface area contributed by atoms with E-state index in [9.17, 15) is 8.42 Å². The Bertz CT molecular complexity index is 930. The van der Waals surface area contributed by atoms with Crippen LogP contribution < -0.4 is 4.72 Å². The summed E-state index contributed by atoms with van der Waals surface area (Å²) < 4.78 is 29.2. The summed E-state index contributed by atoms with van der Waals surface area (Å²) in [6.45, 7) is 2.03. The first-order chi connectivity index (χ1) is 11.5. The Morgan fingerprint density at radius 3 is 2.33 bits per heavy atom. The van der Waals surface area contributed by atoms with E-state index in [1.54, 1.807) is 25.2 Å². The quantitative estimate of drug-likeness (QED) is 0.773. The van der Waals surface area contributed by atoms with Crippen molar-refractivity contribution < 1.29 is 8.42 Å². The van der Waals surface area contributed by atoms with Crippen LogP contribution in [0.2, 0.25) is 0 Å². The molecule has 0 amide bonds. The van der Waals surface area contributed by atoms with Crippen molar-refractivity contribution in [1.82, 2.24) is 9.78 Å². The van der Waals surface area contributed by atoms with Gasteiger partial charge in [-0.1, -0.05) is 49.4 Å². The van der Waals surface area contributed by atoms with Gasteiger partial charge in [0.2, 0.25) is 0 Å². The number of anilines is 1. The lowest BCUT2D eigenvalue weighted by Crippen LogP contribution is -2.15. The number of sulfonamides is 1. The molecule has 24 heavy (non-hydrogen) atoms. The molecule has 0 aliphatic carbocycles. The minimum absolute atomic E-state index is 0.238. The van der Waals surface area contributed by atoms with Gasteiger partial charge in [-0.05, 0) is 24.1 Å². The van der Waals surface area contributed by atoms with Gasteiger partial charge < -0.3 is 0 Å². The molecule has 2 aromatic carbocycles. The maximum Gasteiger partial charge on any atom is 0.263 e. The Morgan fingerprint density at radius 1 is 1.04 bits per heavy atom. The smallest absolute Gasteiger partial charge is 0.263 e. The summed E-state index contributed by atoms with van der Waals surface area (Å²) in [5.74, 6) is 0.424. The third kappa shape index (κ3) is 3.33. The monoisotopic (exact) mass is 341 g/mol. The lowest BCUT2D eigenvalue weighted by atomic mass is 10.2. The number of nitrogens with one attached hydrogen (secondary N) is 1. The molecule has 0 saturated heterocycles. The van der Waals surface area contributed by atoms with Gasteiger partial charge in [-0.2, -0.15) is 5.10 Å². The number of hydrogen-bond donors (Lipinski definition) is 1. The molecule has 0 radical (unpaired) electrons. The van der Waals surface area contributed by atoms with Gasteiger partial charge in [0.05, 0.1) is 10.6 Å². The van der Waals surface area contributed by atoms with Crippen molar-refractivity contribution in [2.24, 2.45) is 7.05 Å². The van der Waals surface area contributed by atoms with Gasteiger partial charge in [0.1, 0.15) is 5.82 Å². The molecule has 0 spiro atoms. The average molecular weight is 341 g/mol. The summed E-state index contributed by atoms with van der Waals surface area (Å²) in [6.07, 6.45) is 0.871. The minimum Gasteiger partial charge on any atom is -0.264 e. The molecule has 1 aromatic heterocycles. The fourth-order valence-electron chi connectivity index (χ4n) is 2.41. The molecule has 0 aliphatic heterocycles. The molecule has 0 aliphatic rings. The maximum absolute atomic E-state index is 12.5. The highest BCUT2D eigenvalue weighted by molar-refractivity contribution is 7.92. The maximum atomic E-state index is 12.5. The SMILES string of the molecule is CCc1ccc(S(=O)(=O)Nc2cc(-c3ccccc3)nn2C)cc1. The zero-order chi connectivity index (χ0) is 17.2. The molecule has 1 heterocycles. The average Bonchev–Trinajstić information content (AvgIpc) is 2.96. The standard InChI is InChI=1S/C18H19N3O2S/c1-3-14-9-11-16(12-10-14)24(22,23)20-18-13-17(19-21(18)2)15-7-5-4-6-8-15/h4-13,20H,3H2,1-2H3. The zero-order valence-corrected chi connectivity index (χ0v) is 14.4. The molecule has 0 fully saturated rings. The number of aryl methyl sites for hydroxylation is 2. The van der Waals surface area contributed by atoms with Gasteiger partial charge in [0.15, 0.2) is 0 Å². The third-order valence-electron chi connectivity index (χ3n) is 3.83. The second-order valence-electron chi connectivity index (χ2n) is 5.51. The summed E-state index contributed by atoms with van der Waals surface area (Å²) in [5, 5.41) is 4.38. The normalized spacial score (nSPS) is 11.4. The van der Waals surface area contributed by atoms with Crippen molar-refractivity contribution in [2.75, 3.05) is 4.72 Å². The Hall–Kier alpha value is -2.60. The van der Waals surface area contributed by atoms with E-state index >= 15 is 0 Å². The van der Waals surface area contributed by atoms with Crippen LogP contribution in [0, 0.1) is 0 Å². The van der Waals surface area contributed by atoms with Crippen molar-refractivity contribution in [3.63, 3.8) is 0 Å². The lowest BCUT2D eigenvalue weighted by Gasteiger charge is -2.08. The fourth-order valence-corrected chi connectivity index (χ4v) is 3.49. The molecule has 3 aromatic rings. The number of hydrogen-bond acceptors (Lipinski definition) is 3. The van der Waals surface area contributed by atoms with Gasteiger partial charge in [0, 0.05) is 18.7 Å². The molecule has 0 bridgehead atoms. The van der Waals surface area contributed by atoms with Crippen LogP contribution in [-0.4, -0.2) is 18.2 Å². The van der Waals surface area contributed by atoms with Crippen molar-refractivity contribution in [1.29, 1.82) is 0 Å². The van der Waals surface area contributed by atoms with Crippen LogP contribution in [0.3, 0.4) is 0 Å². The fraction of sp³-hybridized carbons (Fsp3) is 0.167. The molecule has 0 atom stereocenters. The second kappa shape index (κ2) is 6.49. The summed E-state index contributed by atoms with van der Waals surface area (Å²) in [7, 11) is -1.93. The topological polar surface area (TPSA) is 64.0 Å². The zero-order valence-electron chi connectivity index (χ0n) is 13.6. The first kappa shape index (κ1) is 16.3. The second-order valence-corrected chi connectivity index (χ2v) is 7.19. The molecule has 0 saturated carbocycles. The largest absolute Gasteiger partial charge is 0.264 e. The van der Waals surface area contributed by atoms with E-state index in [1.807, 2.05) is 49.4 Å². The van der Waals surface area contributed by atoms with Crippen molar-refractivity contribution in [3.8, 4) is 11.3 Å². The van der Waals surface area contributed by atoms with Crippen LogP contribution >= 0.6 is 0 Å².